The van der Waals surface area contributed by atoms with E-state index in [0.29, 0.717) is 30.5 Å². The summed E-state index contributed by atoms with van der Waals surface area (Å²) in [5.74, 6) is 0.883. The molecule has 2 amide bonds. The van der Waals surface area contributed by atoms with Gasteiger partial charge in [-0.15, -0.1) is 0 Å². The van der Waals surface area contributed by atoms with Gasteiger partial charge in [0.25, 0.3) is 0 Å². The molecule has 0 atom stereocenters. The van der Waals surface area contributed by atoms with Gasteiger partial charge >= 0.3 is 0 Å². The molecule has 132 valence electrons. The Morgan fingerprint density at radius 2 is 1.96 bits per heavy atom. The number of benzene rings is 1. The lowest BCUT2D eigenvalue weighted by Gasteiger charge is -2.31. The van der Waals surface area contributed by atoms with Crippen molar-refractivity contribution in [1.29, 1.82) is 0 Å². The maximum atomic E-state index is 12.3. The van der Waals surface area contributed by atoms with Crippen LogP contribution in [0.1, 0.15) is 38.7 Å². The molecule has 1 heterocycles. The number of likely N-dealkylation sites (tertiary alicyclic amines) is 1. The molecule has 5 heteroatoms. The average Bonchev–Trinajstić information content (AvgIpc) is 2.55. The van der Waals surface area contributed by atoms with Crippen molar-refractivity contribution in [2.45, 2.75) is 39.5 Å². The quantitative estimate of drug-likeness (QED) is 0.789. The Hall–Kier alpha value is -1.55. The second-order valence-corrected chi connectivity index (χ2v) is 7.14. The van der Waals surface area contributed by atoms with Crippen LogP contribution in [0.15, 0.2) is 24.3 Å². The lowest BCUT2D eigenvalue weighted by molar-refractivity contribution is -0.134. The van der Waals surface area contributed by atoms with Gasteiger partial charge < -0.3 is 9.80 Å². The van der Waals surface area contributed by atoms with Crippen molar-refractivity contribution < 1.29 is 9.59 Å². The SMILES string of the molecule is CC(=O)N(CCC(=O)N1CCC(C)CC1)CCc1cccc(Cl)c1. The molecule has 1 aromatic carbocycles. The summed E-state index contributed by atoms with van der Waals surface area (Å²) in [7, 11) is 0. The van der Waals surface area contributed by atoms with Crippen molar-refractivity contribution in [2.75, 3.05) is 26.2 Å². The first-order valence-corrected chi connectivity index (χ1v) is 9.11. The van der Waals surface area contributed by atoms with E-state index in [-0.39, 0.29) is 11.8 Å². The van der Waals surface area contributed by atoms with Crippen molar-refractivity contribution in [3.63, 3.8) is 0 Å². The van der Waals surface area contributed by atoms with Gasteiger partial charge in [-0.1, -0.05) is 30.7 Å². The molecule has 1 saturated heterocycles. The fourth-order valence-corrected chi connectivity index (χ4v) is 3.24. The predicted octanol–water partition coefficient (Wildman–Crippen LogP) is 3.38. The van der Waals surface area contributed by atoms with Crippen LogP contribution in [-0.2, 0) is 16.0 Å². The average molecular weight is 351 g/mol. The fourth-order valence-electron chi connectivity index (χ4n) is 3.03. The van der Waals surface area contributed by atoms with E-state index in [1.165, 1.54) is 0 Å². The van der Waals surface area contributed by atoms with Crippen molar-refractivity contribution >= 4 is 23.4 Å². The van der Waals surface area contributed by atoms with E-state index in [0.717, 1.165) is 37.9 Å². The number of piperidine rings is 1. The minimum atomic E-state index is 0.0112. The minimum Gasteiger partial charge on any atom is -0.343 e. The van der Waals surface area contributed by atoms with Gasteiger partial charge in [-0.3, -0.25) is 9.59 Å². The molecule has 0 unspecified atom stereocenters. The Kier molecular flexibility index (Phi) is 7.10. The van der Waals surface area contributed by atoms with Crippen molar-refractivity contribution in [3.05, 3.63) is 34.9 Å². The molecule has 0 saturated carbocycles. The number of amides is 2. The van der Waals surface area contributed by atoms with Crippen LogP contribution < -0.4 is 0 Å². The Morgan fingerprint density at radius 1 is 1.25 bits per heavy atom. The zero-order valence-corrected chi connectivity index (χ0v) is 15.4. The second kappa shape index (κ2) is 9.07. The minimum absolute atomic E-state index is 0.0112. The third-order valence-corrected chi connectivity index (χ3v) is 4.97. The first-order valence-electron chi connectivity index (χ1n) is 8.73. The molecule has 1 aliphatic rings. The van der Waals surface area contributed by atoms with Crippen LogP contribution in [0.3, 0.4) is 0 Å². The molecule has 2 rings (SSSR count). The fraction of sp³-hybridized carbons (Fsp3) is 0.579. The second-order valence-electron chi connectivity index (χ2n) is 6.70. The molecule has 0 N–H and O–H groups in total. The van der Waals surface area contributed by atoms with E-state index in [2.05, 4.69) is 6.92 Å². The highest BCUT2D eigenvalue weighted by molar-refractivity contribution is 6.30. The summed E-state index contributed by atoms with van der Waals surface area (Å²) in [6.45, 7) is 6.59. The number of hydrogen-bond acceptors (Lipinski definition) is 2. The summed E-state index contributed by atoms with van der Waals surface area (Å²) in [6, 6.07) is 7.67. The van der Waals surface area contributed by atoms with E-state index in [1.54, 1.807) is 11.8 Å². The van der Waals surface area contributed by atoms with Crippen LogP contribution >= 0.6 is 11.6 Å². The summed E-state index contributed by atoms with van der Waals surface area (Å²) in [4.78, 5) is 27.9. The molecule has 1 aliphatic heterocycles. The van der Waals surface area contributed by atoms with Crippen LogP contribution in [0.25, 0.3) is 0 Å². The molecular weight excluding hydrogens is 324 g/mol. The van der Waals surface area contributed by atoms with Crippen LogP contribution in [0.4, 0.5) is 0 Å². The molecule has 0 aliphatic carbocycles. The van der Waals surface area contributed by atoms with Gasteiger partial charge in [0.1, 0.15) is 0 Å². The first-order chi connectivity index (χ1) is 11.5. The Balaban J connectivity index is 1.80. The van der Waals surface area contributed by atoms with E-state index < -0.39 is 0 Å². The van der Waals surface area contributed by atoms with Gasteiger partial charge in [0.2, 0.25) is 11.8 Å². The summed E-state index contributed by atoms with van der Waals surface area (Å²) >= 11 is 5.99. The number of carbonyl (C=O) groups excluding carboxylic acids is 2. The van der Waals surface area contributed by atoms with E-state index in [4.69, 9.17) is 11.6 Å². The van der Waals surface area contributed by atoms with Crippen molar-refractivity contribution in [2.24, 2.45) is 5.92 Å². The molecule has 0 radical (unpaired) electrons. The van der Waals surface area contributed by atoms with Crippen LogP contribution in [0.5, 0.6) is 0 Å². The summed E-state index contributed by atoms with van der Waals surface area (Å²) in [6.07, 6.45) is 3.31. The highest BCUT2D eigenvalue weighted by Crippen LogP contribution is 2.17. The maximum absolute atomic E-state index is 12.3. The smallest absolute Gasteiger partial charge is 0.224 e. The Labute approximate surface area is 149 Å². The van der Waals surface area contributed by atoms with E-state index in [1.807, 2.05) is 29.2 Å². The number of halogens is 1. The zero-order valence-electron chi connectivity index (χ0n) is 14.6. The predicted molar refractivity (Wildman–Crippen MR) is 97.0 cm³/mol. The number of carbonyl (C=O) groups is 2. The third kappa shape index (κ3) is 5.82. The molecule has 1 aromatic rings. The van der Waals surface area contributed by atoms with Gasteiger partial charge in [-0.2, -0.15) is 0 Å². The molecule has 1 fully saturated rings. The number of rotatable bonds is 6. The number of hydrogen-bond donors (Lipinski definition) is 0. The van der Waals surface area contributed by atoms with Gasteiger partial charge in [-0.25, -0.2) is 0 Å². The van der Waals surface area contributed by atoms with Crippen molar-refractivity contribution in [3.8, 4) is 0 Å². The van der Waals surface area contributed by atoms with E-state index in [9.17, 15) is 9.59 Å². The standard InChI is InChI=1S/C19H27ClN2O2/c1-15-6-10-22(11-7-15)19(24)9-13-21(16(2)23)12-8-17-4-3-5-18(20)14-17/h3-5,14-15H,6-13H2,1-2H3. The number of nitrogens with zero attached hydrogens (tertiary/aromatic N) is 2. The van der Waals surface area contributed by atoms with Gasteiger partial charge in [0.15, 0.2) is 0 Å². The van der Waals surface area contributed by atoms with Crippen LogP contribution in [-0.4, -0.2) is 47.8 Å². The molecule has 0 aromatic heterocycles. The van der Waals surface area contributed by atoms with Gasteiger partial charge in [0, 0.05) is 44.5 Å². The largest absolute Gasteiger partial charge is 0.343 e. The third-order valence-electron chi connectivity index (χ3n) is 4.74. The Bertz CT molecular complexity index is 568. The topological polar surface area (TPSA) is 40.6 Å². The molecule has 4 nitrogen and oxygen atoms in total. The van der Waals surface area contributed by atoms with Gasteiger partial charge in [0.05, 0.1) is 0 Å². The van der Waals surface area contributed by atoms with Crippen molar-refractivity contribution in [1.82, 2.24) is 9.80 Å². The van der Waals surface area contributed by atoms with Gasteiger partial charge in [-0.05, 0) is 42.9 Å². The molecular formula is C19H27ClN2O2. The highest BCUT2D eigenvalue weighted by atomic mass is 35.5. The normalized spacial score (nSPS) is 15.4. The molecule has 24 heavy (non-hydrogen) atoms. The Morgan fingerprint density at radius 3 is 2.58 bits per heavy atom. The van der Waals surface area contributed by atoms with Crippen LogP contribution in [0.2, 0.25) is 5.02 Å². The lowest BCUT2D eigenvalue weighted by atomic mass is 9.99. The van der Waals surface area contributed by atoms with Crippen LogP contribution in [0, 0.1) is 5.92 Å². The summed E-state index contributed by atoms with van der Waals surface area (Å²) in [5, 5.41) is 0.705. The summed E-state index contributed by atoms with van der Waals surface area (Å²) in [5.41, 5.74) is 1.10. The molecule has 0 bridgehead atoms. The monoisotopic (exact) mass is 350 g/mol. The summed E-state index contributed by atoms with van der Waals surface area (Å²) < 4.78 is 0. The van der Waals surface area contributed by atoms with E-state index >= 15 is 0 Å². The lowest BCUT2D eigenvalue weighted by Crippen LogP contribution is -2.40. The highest BCUT2D eigenvalue weighted by Gasteiger charge is 2.21. The first kappa shape index (κ1) is 18.8. The molecule has 0 spiro atoms. The zero-order chi connectivity index (χ0) is 17.5. The maximum Gasteiger partial charge on any atom is 0.224 e.